The van der Waals surface area contributed by atoms with Crippen LogP contribution >= 0.6 is 0 Å². The van der Waals surface area contributed by atoms with Crippen LogP contribution in [0, 0.1) is 34.5 Å². The second-order valence-electron chi connectivity index (χ2n) is 10.3. The van der Waals surface area contributed by atoms with Gasteiger partial charge in [0.1, 0.15) is 34.3 Å². The first-order valence-corrected chi connectivity index (χ1v) is 13.5. The highest BCUT2D eigenvalue weighted by atomic mass is 16.6. The van der Waals surface area contributed by atoms with Gasteiger partial charge in [0.2, 0.25) is 0 Å². The Hall–Kier alpha value is -5.05. The molecular weight excluding hydrogens is 516 g/mol. The van der Waals surface area contributed by atoms with Gasteiger partial charge in [0.15, 0.2) is 5.78 Å². The third-order valence-electron chi connectivity index (χ3n) is 7.24. The van der Waals surface area contributed by atoms with Crippen molar-refractivity contribution in [2.24, 2.45) is 11.8 Å². The minimum absolute atomic E-state index is 0.104. The molecule has 0 radical (unpaired) electrons. The van der Waals surface area contributed by atoms with Gasteiger partial charge in [-0.2, -0.15) is 10.5 Å². The molecule has 202 valence electrons. The van der Waals surface area contributed by atoms with Crippen molar-refractivity contribution < 1.29 is 19.0 Å². The van der Waals surface area contributed by atoms with E-state index in [1.165, 1.54) is 12.8 Å². The van der Waals surface area contributed by atoms with Crippen molar-refractivity contribution in [1.29, 1.82) is 10.5 Å². The number of carbonyl (C=O) groups is 1. The smallest absolute Gasteiger partial charge is 0.184 e. The number of epoxide rings is 1. The fourth-order valence-electron chi connectivity index (χ4n) is 4.52. The Balaban J connectivity index is 0.000000148. The molecule has 0 spiro atoms. The number of Topliss-reactive ketones (excluding diaryl/α,β-unsaturated/α-hetero) is 1. The van der Waals surface area contributed by atoms with Crippen molar-refractivity contribution in [2.45, 2.75) is 31.3 Å². The Kier molecular flexibility index (Phi) is 7.16. The Labute approximate surface area is 237 Å². The minimum atomic E-state index is -0.104. The Bertz CT molecular complexity index is 1610. The van der Waals surface area contributed by atoms with Gasteiger partial charge in [-0.05, 0) is 104 Å². The molecule has 1 saturated heterocycles. The van der Waals surface area contributed by atoms with Crippen molar-refractivity contribution in [2.75, 3.05) is 6.61 Å². The summed E-state index contributed by atoms with van der Waals surface area (Å²) in [6.07, 6.45) is 7.72. The highest BCUT2D eigenvalue weighted by Crippen LogP contribution is 2.55. The Morgan fingerprint density at radius 3 is 1.63 bits per heavy atom. The third kappa shape index (κ3) is 6.24. The highest BCUT2D eigenvalue weighted by Gasteiger charge is 2.58. The van der Waals surface area contributed by atoms with Crippen LogP contribution in [0.3, 0.4) is 0 Å². The monoisotopic (exact) mass is 542 g/mol. The second kappa shape index (κ2) is 11.2. The van der Waals surface area contributed by atoms with E-state index in [4.69, 9.17) is 24.7 Å². The summed E-state index contributed by atoms with van der Waals surface area (Å²) >= 11 is 0. The molecule has 3 fully saturated rings. The van der Waals surface area contributed by atoms with Crippen LogP contribution in [0.15, 0.2) is 85.2 Å². The van der Waals surface area contributed by atoms with Crippen molar-refractivity contribution >= 4 is 5.78 Å². The van der Waals surface area contributed by atoms with E-state index < -0.39 is 0 Å². The number of hydrogen-bond acceptors (Lipinski definition) is 8. The lowest BCUT2D eigenvalue weighted by atomic mass is 10.0. The van der Waals surface area contributed by atoms with Crippen molar-refractivity contribution in [3.63, 3.8) is 0 Å². The van der Waals surface area contributed by atoms with Crippen LogP contribution in [-0.2, 0) is 10.3 Å². The average Bonchev–Trinajstić information content (AvgIpc) is 3.86. The van der Waals surface area contributed by atoms with E-state index in [0.29, 0.717) is 45.7 Å². The topological polar surface area (TPSA) is 121 Å². The Morgan fingerprint density at radius 1 is 0.732 bits per heavy atom. The third-order valence-corrected chi connectivity index (χ3v) is 7.24. The number of nitriles is 2. The number of aromatic nitrogens is 2. The first-order chi connectivity index (χ1) is 20.1. The summed E-state index contributed by atoms with van der Waals surface area (Å²) in [6.45, 7) is 0.792. The first kappa shape index (κ1) is 26.2. The molecule has 1 atom stereocenters. The number of rotatable bonds is 8. The van der Waals surface area contributed by atoms with Gasteiger partial charge in [-0.3, -0.25) is 9.78 Å². The fourth-order valence-corrected chi connectivity index (χ4v) is 4.52. The van der Waals surface area contributed by atoms with Crippen molar-refractivity contribution in [3.8, 4) is 35.1 Å². The van der Waals surface area contributed by atoms with Crippen LogP contribution < -0.4 is 9.47 Å². The van der Waals surface area contributed by atoms with E-state index in [1.807, 2.05) is 18.2 Å². The molecule has 0 bridgehead atoms. The van der Waals surface area contributed by atoms with Crippen LogP contribution in [0.25, 0.3) is 0 Å². The van der Waals surface area contributed by atoms with E-state index in [1.54, 1.807) is 73.1 Å². The molecule has 0 N–H and O–H groups in total. The molecule has 3 heterocycles. The standard InChI is InChI=1S/C17H14N2O2.C16H12N2O2/c18-9-12-1-5-14(6-2-12)21-15-7-8-16(19-10-15)17(11-20-17)13-3-4-13;17-9-11-1-5-13(6-2-11)20-14-7-8-15(18-10-14)16(19)12-3-4-12/h1-2,5-8,10,13H,3-4,11H2;1-2,5-8,10,12H,3-4H2. The minimum Gasteiger partial charge on any atom is -0.456 e. The summed E-state index contributed by atoms with van der Waals surface area (Å²) < 4.78 is 17.0. The number of carbonyl (C=O) groups excluding carboxylic acids is 1. The molecule has 8 heteroatoms. The zero-order valence-electron chi connectivity index (χ0n) is 22.2. The fraction of sp³-hybridized carbons (Fsp3) is 0.242. The normalized spacial score (nSPS) is 18.6. The molecule has 4 aromatic rings. The summed E-state index contributed by atoms with van der Waals surface area (Å²) in [6, 6.07) is 25.3. The van der Waals surface area contributed by atoms with Gasteiger partial charge in [-0.1, -0.05) is 0 Å². The summed E-state index contributed by atoms with van der Waals surface area (Å²) in [7, 11) is 0. The van der Waals surface area contributed by atoms with E-state index in [0.717, 1.165) is 25.1 Å². The molecule has 41 heavy (non-hydrogen) atoms. The molecule has 2 aromatic heterocycles. The van der Waals surface area contributed by atoms with Gasteiger partial charge in [0.05, 0.1) is 48.0 Å². The highest BCUT2D eigenvalue weighted by molar-refractivity contribution is 5.97. The number of pyridine rings is 2. The zero-order valence-corrected chi connectivity index (χ0v) is 22.2. The molecule has 7 rings (SSSR count). The molecule has 3 aliphatic rings. The van der Waals surface area contributed by atoms with Gasteiger partial charge in [0.25, 0.3) is 0 Å². The van der Waals surface area contributed by atoms with Crippen molar-refractivity contribution in [1.82, 2.24) is 9.97 Å². The number of hydrogen-bond donors (Lipinski definition) is 0. The van der Waals surface area contributed by atoms with Gasteiger partial charge < -0.3 is 14.2 Å². The van der Waals surface area contributed by atoms with E-state index >= 15 is 0 Å². The average molecular weight is 543 g/mol. The zero-order chi connectivity index (χ0) is 28.2. The van der Waals surface area contributed by atoms with Gasteiger partial charge in [-0.15, -0.1) is 0 Å². The first-order valence-electron chi connectivity index (χ1n) is 13.5. The maximum Gasteiger partial charge on any atom is 0.184 e. The number of nitrogens with zero attached hydrogens (tertiary/aromatic N) is 4. The molecule has 8 nitrogen and oxygen atoms in total. The maximum atomic E-state index is 11.8. The van der Waals surface area contributed by atoms with Crippen molar-refractivity contribution in [3.05, 3.63) is 108 Å². The second-order valence-corrected chi connectivity index (χ2v) is 10.3. The molecule has 2 aliphatic carbocycles. The lowest BCUT2D eigenvalue weighted by Crippen LogP contribution is -2.13. The predicted octanol–water partition coefficient (Wildman–Crippen LogP) is 6.72. The van der Waals surface area contributed by atoms with Crippen LogP contribution in [0.4, 0.5) is 0 Å². The van der Waals surface area contributed by atoms with Gasteiger partial charge in [0, 0.05) is 5.92 Å². The maximum absolute atomic E-state index is 11.8. The molecule has 2 saturated carbocycles. The molecule has 0 amide bonds. The van der Waals surface area contributed by atoms with Gasteiger partial charge >= 0.3 is 0 Å². The predicted molar refractivity (Wildman–Crippen MR) is 148 cm³/mol. The Morgan fingerprint density at radius 2 is 1.24 bits per heavy atom. The SMILES string of the molecule is N#Cc1ccc(Oc2ccc(C(=O)C3CC3)nc2)cc1.N#Cc1ccc(Oc2ccc(C3(C4CC4)CO3)nc2)cc1. The van der Waals surface area contributed by atoms with Crippen LogP contribution in [-0.4, -0.2) is 22.4 Å². The van der Waals surface area contributed by atoms with E-state index in [2.05, 4.69) is 16.0 Å². The molecule has 2 aromatic carbocycles. The van der Waals surface area contributed by atoms with E-state index in [9.17, 15) is 4.79 Å². The molecule has 1 aliphatic heterocycles. The lowest BCUT2D eigenvalue weighted by Gasteiger charge is -2.11. The van der Waals surface area contributed by atoms with Gasteiger partial charge in [-0.25, -0.2) is 4.98 Å². The molecule has 1 unspecified atom stereocenters. The van der Waals surface area contributed by atoms with Crippen LogP contribution in [0.5, 0.6) is 23.0 Å². The summed E-state index contributed by atoms with van der Waals surface area (Å²) in [5.41, 5.74) is 2.61. The number of ether oxygens (including phenoxy) is 3. The lowest BCUT2D eigenvalue weighted by molar-refractivity contribution is 0.0962. The quantitative estimate of drug-likeness (QED) is 0.178. The largest absolute Gasteiger partial charge is 0.456 e. The van der Waals surface area contributed by atoms with E-state index in [-0.39, 0.29) is 17.3 Å². The summed E-state index contributed by atoms with van der Waals surface area (Å²) in [5, 5.41) is 17.5. The number of ketones is 1. The van der Waals surface area contributed by atoms with Crippen LogP contribution in [0.1, 0.15) is 53.0 Å². The summed E-state index contributed by atoms with van der Waals surface area (Å²) in [5.74, 6) is 3.53. The summed E-state index contributed by atoms with van der Waals surface area (Å²) in [4.78, 5) is 20.5. The van der Waals surface area contributed by atoms with Crippen LogP contribution in [0.2, 0.25) is 0 Å². The number of benzene rings is 2. The molecular formula is C33H26N4O4.